The molecule has 0 aliphatic carbocycles. The van der Waals surface area contributed by atoms with Crippen LogP contribution in [-0.4, -0.2) is 67.0 Å². The van der Waals surface area contributed by atoms with Crippen LogP contribution in [0, 0.1) is 6.92 Å². The summed E-state index contributed by atoms with van der Waals surface area (Å²) in [6.07, 6.45) is 5.10. The van der Waals surface area contributed by atoms with Gasteiger partial charge in [0.2, 0.25) is 5.91 Å². The number of anilines is 3. The van der Waals surface area contributed by atoms with Gasteiger partial charge < -0.3 is 20.4 Å². The van der Waals surface area contributed by atoms with Crippen LogP contribution in [0.4, 0.5) is 17.2 Å². The Bertz CT molecular complexity index is 1080. The molecule has 2 saturated heterocycles. The van der Waals surface area contributed by atoms with Gasteiger partial charge in [0, 0.05) is 63.3 Å². The van der Waals surface area contributed by atoms with E-state index in [1.54, 1.807) is 0 Å². The lowest BCUT2D eigenvalue weighted by atomic mass is 9.99. The third-order valence-corrected chi connectivity index (χ3v) is 7.17. The first-order valence-electron chi connectivity index (χ1n) is 12.5. The van der Waals surface area contributed by atoms with Crippen molar-refractivity contribution < 1.29 is 9.59 Å². The smallest absolute Gasteiger partial charge is 0.251 e. The van der Waals surface area contributed by atoms with E-state index in [1.165, 1.54) is 5.69 Å². The number of benzene rings is 1. The number of nitrogens with zero attached hydrogens (tertiary/aromatic N) is 4. The summed E-state index contributed by atoms with van der Waals surface area (Å²) in [7, 11) is 0. The number of rotatable bonds is 5. The molecule has 3 aliphatic rings. The molecule has 1 aromatic heterocycles. The van der Waals surface area contributed by atoms with Crippen LogP contribution in [0.5, 0.6) is 0 Å². The highest BCUT2D eigenvalue weighted by molar-refractivity contribution is 6.03. The maximum absolute atomic E-state index is 12.6. The average molecular weight is 463 g/mol. The summed E-state index contributed by atoms with van der Waals surface area (Å²) in [5.41, 5.74) is 5.02. The van der Waals surface area contributed by atoms with Crippen molar-refractivity contribution in [3.05, 3.63) is 47.2 Å². The molecule has 2 aromatic rings. The number of carbonyl (C=O) groups excluding carboxylic acids is 2. The van der Waals surface area contributed by atoms with Gasteiger partial charge in [0.05, 0.1) is 5.69 Å². The molecule has 0 radical (unpaired) electrons. The zero-order valence-electron chi connectivity index (χ0n) is 20.1. The van der Waals surface area contributed by atoms with E-state index in [0.717, 1.165) is 81.2 Å². The highest BCUT2D eigenvalue weighted by atomic mass is 16.2. The van der Waals surface area contributed by atoms with E-state index in [1.807, 2.05) is 25.3 Å². The van der Waals surface area contributed by atoms with Gasteiger partial charge in [-0.1, -0.05) is 0 Å². The molecule has 2 fully saturated rings. The maximum Gasteiger partial charge on any atom is 0.251 e. The Hall–Kier alpha value is -3.13. The zero-order valence-corrected chi connectivity index (χ0v) is 20.1. The van der Waals surface area contributed by atoms with Crippen molar-refractivity contribution in [2.75, 3.05) is 54.4 Å². The highest BCUT2D eigenvalue weighted by Gasteiger charge is 2.35. The highest BCUT2D eigenvalue weighted by Crippen LogP contribution is 2.35. The van der Waals surface area contributed by atoms with E-state index in [4.69, 9.17) is 4.98 Å². The predicted molar refractivity (Wildman–Crippen MR) is 135 cm³/mol. The number of hydrogen-bond acceptors (Lipinski definition) is 6. The van der Waals surface area contributed by atoms with Crippen LogP contribution in [0.25, 0.3) is 0 Å². The number of hydrogen-bond donors (Lipinski definition) is 2. The summed E-state index contributed by atoms with van der Waals surface area (Å²) < 4.78 is 0. The topological polar surface area (TPSA) is 80.8 Å². The number of carbonyl (C=O) groups is 2. The molecular weight excluding hydrogens is 428 g/mol. The summed E-state index contributed by atoms with van der Waals surface area (Å²) in [6, 6.07) is 8.00. The van der Waals surface area contributed by atoms with Crippen molar-refractivity contribution >= 4 is 29.0 Å². The largest absolute Gasteiger partial charge is 0.369 e. The molecule has 0 bridgehead atoms. The second-order valence-corrected chi connectivity index (χ2v) is 9.53. The molecule has 1 atom stereocenters. The summed E-state index contributed by atoms with van der Waals surface area (Å²) in [6.45, 7) is 10.1. The lowest BCUT2D eigenvalue weighted by Crippen LogP contribution is -2.51. The van der Waals surface area contributed by atoms with Gasteiger partial charge >= 0.3 is 0 Å². The Labute approximate surface area is 201 Å². The van der Waals surface area contributed by atoms with E-state index in [9.17, 15) is 9.59 Å². The lowest BCUT2D eigenvalue weighted by Gasteiger charge is -2.40. The molecule has 0 spiro atoms. The fraction of sp³-hybridized carbons (Fsp3) is 0.500. The number of amides is 2. The van der Waals surface area contributed by atoms with Gasteiger partial charge in [-0.3, -0.25) is 14.5 Å². The van der Waals surface area contributed by atoms with Gasteiger partial charge in [0.1, 0.15) is 6.04 Å². The van der Waals surface area contributed by atoms with Gasteiger partial charge in [0.25, 0.3) is 5.91 Å². The van der Waals surface area contributed by atoms with E-state index in [2.05, 4.69) is 44.4 Å². The SMILES string of the molecule is CCNC(=O)c1ccc(N2CCN(Cc3cnc4c(c3)NC(=O)C3CCCCN43)CC2)c(C)c1. The second kappa shape index (κ2) is 9.62. The molecular formula is C26H34N6O2. The van der Waals surface area contributed by atoms with Crippen molar-refractivity contribution in [3.63, 3.8) is 0 Å². The Balaban J connectivity index is 1.21. The molecule has 8 nitrogen and oxygen atoms in total. The molecule has 180 valence electrons. The minimum Gasteiger partial charge on any atom is -0.369 e. The fourth-order valence-electron chi connectivity index (χ4n) is 5.40. The first kappa shape index (κ1) is 22.7. The van der Waals surface area contributed by atoms with Crippen LogP contribution in [0.2, 0.25) is 0 Å². The number of aryl methyl sites for hydroxylation is 1. The summed E-state index contributed by atoms with van der Waals surface area (Å²) in [5.74, 6) is 1.00. The van der Waals surface area contributed by atoms with Crippen molar-refractivity contribution in [3.8, 4) is 0 Å². The number of nitrogens with one attached hydrogen (secondary N) is 2. The molecule has 34 heavy (non-hydrogen) atoms. The Morgan fingerprint density at radius 1 is 1.15 bits per heavy atom. The van der Waals surface area contributed by atoms with Gasteiger partial charge in [0.15, 0.2) is 5.82 Å². The van der Waals surface area contributed by atoms with Crippen molar-refractivity contribution in [1.29, 1.82) is 0 Å². The molecule has 4 heterocycles. The van der Waals surface area contributed by atoms with Gasteiger partial charge in [-0.2, -0.15) is 0 Å². The quantitative estimate of drug-likeness (QED) is 0.711. The molecule has 2 amide bonds. The van der Waals surface area contributed by atoms with Crippen LogP contribution in [0.3, 0.4) is 0 Å². The van der Waals surface area contributed by atoms with E-state index >= 15 is 0 Å². The third kappa shape index (κ3) is 4.46. The minimum absolute atomic E-state index is 0.0207. The Kier molecular flexibility index (Phi) is 6.41. The molecule has 3 aliphatic heterocycles. The zero-order chi connectivity index (χ0) is 23.7. The Morgan fingerprint density at radius 2 is 1.97 bits per heavy atom. The van der Waals surface area contributed by atoms with Gasteiger partial charge in [-0.25, -0.2) is 4.98 Å². The first-order chi connectivity index (χ1) is 16.5. The van der Waals surface area contributed by atoms with Crippen LogP contribution in [-0.2, 0) is 11.3 Å². The van der Waals surface area contributed by atoms with Crippen LogP contribution < -0.4 is 20.4 Å². The number of aromatic nitrogens is 1. The predicted octanol–water partition coefficient (Wildman–Crippen LogP) is 2.77. The number of piperazine rings is 1. The standard InChI is InChI=1S/C26H34N6O2/c1-3-27-25(33)20-7-8-22(18(2)14-20)31-12-10-30(11-13-31)17-19-15-21-24(28-16-19)32-9-5-4-6-23(32)26(34)29-21/h7-8,14-16,23H,3-6,9-13,17H2,1-2H3,(H,27,33)(H,29,34). The van der Waals surface area contributed by atoms with Crippen molar-refractivity contribution in [1.82, 2.24) is 15.2 Å². The van der Waals surface area contributed by atoms with Crippen LogP contribution in [0.15, 0.2) is 30.5 Å². The molecule has 1 unspecified atom stereocenters. The van der Waals surface area contributed by atoms with Gasteiger partial charge in [-0.15, -0.1) is 0 Å². The second-order valence-electron chi connectivity index (χ2n) is 9.53. The summed E-state index contributed by atoms with van der Waals surface area (Å²) >= 11 is 0. The molecule has 0 saturated carbocycles. The Morgan fingerprint density at radius 3 is 2.74 bits per heavy atom. The fourth-order valence-corrected chi connectivity index (χ4v) is 5.40. The molecule has 5 rings (SSSR count). The van der Waals surface area contributed by atoms with E-state index in [-0.39, 0.29) is 17.9 Å². The molecule has 2 N–H and O–H groups in total. The van der Waals surface area contributed by atoms with E-state index in [0.29, 0.717) is 12.1 Å². The number of pyridine rings is 1. The summed E-state index contributed by atoms with van der Waals surface area (Å²) in [5, 5.41) is 5.96. The number of piperidine rings is 1. The molecule has 1 aromatic carbocycles. The average Bonchev–Trinajstić information content (AvgIpc) is 2.85. The first-order valence-corrected chi connectivity index (χ1v) is 12.5. The van der Waals surface area contributed by atoms with Gasteiger partial charge in [-0.05, 0) is 68.5 Å². The maximum atomic E-state index is 12.6. The molecule has 8 heteroatoms. The number of fused-ring (bicyclic) bond motifs is 3. The monoisotopic (exact) mass is 462 g/mol. The van der Waals surface area contributed by atoms with Crippen LogP contribution in [0.1, 0.15) is 47.7 Å². The van der Waals surface area contributed by atoms with E-state index < -0.39 is 0 Å². The van der Waals surface area contributed by atoms with Crippen LogP contribution >= 0.6 is 0 Å². The van der Waals surface area contributed by atoms with Crippen molar-refractivity contribution in [2.24, 2.45) is 0 Å². The normalized spacial score (nSPS) is 20.4. The minimum atomic E-state index is -0.0637. The third-order valence-electron chi connectivity index (χ3n) is 7.17. The lowest BCUT2D eigenvalue weighted by molar-refractivity contribution is -0.118. The summed E-state index contributed by atoms with van der Waals surface area (Å²) in [4.78, 5) is 36.4. The van der Waals surface area contributed by atoms with Crippen molar-refractivity contribution in [2.45, 2.75) is 45.7 Å².